The van der Waals surface area contributed by atoms with Crippen molar-refractivity contribution in [2.75, 3.05) is 19.6 Å². The fraction of sp³-hybridized carbons (Fsp3) is 0.385. The lowest BCUT2D eigenvalue weighted by Crippen LogP contribution is -2.37. The lowest BCUT2D eigenvalue weighted by Gasteiger charge is -2.20. The Labute approximate surface area is 129 Å². The van der Waals surface area contributed by atoms with Gasteiger partial charge in [-0.15, -0.1) is 0 Å². The number of sulfonamides is 1. The van der Waals surface area contributed by atoms with Crippen molar-refractivity contribution in [1.82, 2.24) is 9.62 Å². The number of nitrogens with one attached hydrogen (secondary N) is 1. The maximum Gasteiger partial charge on any atom is 0.243 e. The molecule has 1 aromatic carbocycles. The normalized spacial score (nSPS) is 17.1. The van der Waals surface area contributed by atoms with Crippen molar-refractivity contribution in [3.63, 3.8) is 0 Å². The van der Waals surface area contributed by atoms with Gasteiger partial charge >= 0.3 is 0 Å². The molecule has 21 heavy (non-hydrogen) atoms. The molecule has 1 aliphatic rings. The molecule has 0 radical (unpaired) electrons. The highest BCUT2D eigenvalue weighted by Gasteiger charge is 2.29. The van der Waals surface area contributed by atoms with E-state index in [1.807, 2.05) is 0 Å². The van der Waals surface area contributed by atoms with Gasteiger partial charge in [0.1, 0.15) is 4.99 Å². The number of carbonyl (C=O) groups is 1. The molecule has 6 nitrogen and oxygen atoms in total. The summed E-state index contributed by atoms with van der Waals surface area (Å²) in [7, 11) is -3.75. The summed E-state index contributed by atoms with van der Waals surface area (Å²) >= 11 is 4.89. The first-order valence-corrected chi connectivity index (χ1v) is 8.34. The first-order valence-electron chi connectivity index (χ1n) is 6.49. The maximum atomic E-state index is 12.7. The zero-order valence-electron chi connectivity index (χ0n) is 11.6. The van der Waals surface area contributed by atoms with Gasteiger partial charge in [0.15, 0.2) is 0 Å². The van der Waals surface area contributed by atoms with E-state index in [0.717, 1.165) is 0 Å². The van der Waals surface area contributed by atoms with E-state index >= 15 is 0 Å². The number of benzene rings is 1. The van der Waals surface area contributed by atoms with Crippen LogP contribution in [0.15, 0.2) is 23.1 Å². The van der Waals surface area contributed by atoms with Crippen LogP contribution in [0.5, 0.6) is 0 Å². The van der Waals surface area contributed by atoms with Gasteiger partial charge in [-0.3, -0.25) is 4.79 Å². The molecule has 0 unspecified atom stereocenters. The Morgan fingerprint density at radius 1 is 1.43 bits per heavy atom. The van der Waals surface area contributed by atoms with Crippen LogP contribution in [0, 0.1) is 6.92 Å². The lowest BCUT2D eigenvalue weighted by molar-refractivity contribution is -0.120. The van der Waals surface area contributed by atoms with E-state index in [2.05, 4.69) is 5.32 Å². The molecule has 1 fully saturated rings. The molecule has 114 valence electrons. The summed E-state index contributed by atoms with van der Waals surface area (Å²) in [4.78, 5) is 11.9. The van der Waals surface area contributed by atoms with Gasteiger partial charge in [-0.05, 0) is 25.0 Å². The van der Waals surface area contributed by atoms with Crippen LogP contribution in [0.3, 0.4) is 0 Å². The summed E-state index contributed by atoms with van der Waals surface area (Å²) in [5.41, 5.74) is 6.65. The summed E-state index contributed by atoms with van der Waals surface area (Å²) in [5, 5.41) is 2.66. The number of nitrogens with two attached hydrogens (primary N) is 1. The molecule has 1 amide bonds. The molecule has 0 bridgehead atoms. The molecule has 3 N–H and O–H groups in total. The predicted octanol–water partition coefficient (Wildman–Crippen LogP) is 0.140. The van der Waals surface area contributed by atoms with Gasteiger partial charge in [-0.2, -0.15) is 4.31 Å². The highest BCUT2D eigenvalue weighted by Crippen LogP contribution is 2.22. The van der Waals surface area contributed by atoms with Gasteiger partial charge in [-0.25, -0.2) is 8.42 Å². The number of carbonyl (C=O) groups excluding carboxylic acids is 1. The highest BCUT2D eigenvalue weighted by atomic mass is 32.2. The van der Waals surface area contributed by atoms with Crippen LogP contribution < -0.4 is 11.1 Å². The molecular formula is C13H17N3O3S2. The Bertz CT molecular complexity index is 686. The van der Waals surface area contributed by atoms with Gasteiger partial charge in [0.25, 0.3) is 0 Å². The first kappa shape index (κ1) is 15.9. The Kier molecular flexibility index (Phi) is 4.60. The molecule has 0 aromatic heterocycles. The Morgan fingerprint density at radius 3 is 2.81 bits per heavy atom. The number of thiocarbonyl (C=S) groups is 1. The van der Waals surface area contributed by atoms with Gasteiger partial charge in [0.2, 0.25) is 15.9 Å². The lowest BCUT2D eigenvalue weighted by atomic mass is 10.1. The predicted molar refractivity (Wildman–Crippen MR) is 83.5 cm³/mol. The van der Waals surface area contributed by atoms with Crippen molar-refractivity contribution in [2.24, 2.45) is 5.73 Å². The van der Waals surface area contributed by atoms with Crippen LogP contribution >= 0.6 is 12.2 Å². The van der Waals surface area contributed by atoms with Crippen LogP contribution in [0.4, 0.5) is 0 Å². The van der Waals surface area contributed by atoms with Crippen molar-refractivity contribution >= 4 is 33.1 Å². The van der Waals surface area contributed by atoms with Crippen molar-refractivity contribution in [3.8, 4) is 0 Å². The van der Waals surface area contributed by atoms with E-state index in [0.29, 0.717) is 30.6 Å². The molecule has 8 heteroatoms. The van der Waals surface area contributed by atoms with Crippen LogP contribution in [-0.4, -0.2) is 43.3 Å². The number of rotatable bonds is 3. The van der Waals surface area contributed by atoms with Gasteiger partial charge in [0, 0.05) is 18.7 Å². The van der Waals surface area contributed by atoms with E-state index in [1.165, 1.54) is 10.4 Å². The highest BCUT2D eigenvalue weighted by molar-refractivity contribution is 7.89. The largest absolute Gasteiger partial charge is 0.389 e. The first-order chi connectivity index (χ1) is 9.82. The maximum absolute atomic E-state index is 12.7. The molecular weight excluding hydrogens is 310 g/mol. The quantitative estimate of drug-likeness (QED) is 0.771. The van der Waals surface area contributed by atoms with Crippen molar-refractivity contribution < 1.29 is 13.2 Å². The molecule has 1 heterocycles. The minimum Gasteiger partial charge on any atom is -0.389 e. The topological polar surface area (TPSA) is 92.5 Å². The third-order valence-corrected chi connectivity index (χ3v) is 5.54. The third-order valence-electron chi connectivity index (χ3n) is 3.32. The van der Waals surface area contributed by atoms with Gasteiger partial charge in [0.05, 0.1) is 11.4 Å². The molecule has 0 aliphatic carbocycles. The van der Waals surface area contributed by atoms with E-state index in [9.17, 15) is 13.2 Å². The fourth-order valence-corrected chi connectivity index (χ4v) is 3.97. The monoisotopic (exact) mass is 327 g/mol. The summed E-state index contributed by atoms with van der Waals surface area (Å²) in [6, 6.07) is 4.82. The van der Waals surface area contributed by atoms with Crippen LogP contribution in [0.1, 0.15) is 17.5 Å². The smallest absolute Gasteiger partial charge is 0.243 e. The van der Waals surface area contributed by atoms with Crippen LogP contribution in [0.2, 0.25) is 0 Å². The van der Waals surface area contributed by atoms with Crippen LogP contribution in [-0.2, 0) is 14.8 Å². The standard InChI is InChI=1S/C13H17N3O3S2/c1-9-3-4-10(13(14)20)7-11(9)21(18,19)16-6-2-5-15-12(17)8-16/h3-4,7H,2,5-6,8H2,1H3,(H2,14,20)(H,15,17). The van der Waals surface area contributed by atoms with E-state index < -0.39 is 10.0 Å². The number of hydrogen-bond acceptors (Lipinski definition) is 4. The van der Waals surface area contributed by atoms with E-state index in [-0.39, 0.29) is 22.3 Å². The summed E-state index contributed by atoms with van der Waals surface area (Å²) in [6.07, 6.45) is 0.582. The molecule has 1 aliphatic heterocycles. The van der Waals surface area contributed by atoms with Crippen molar-refractivity contribution in [1.29, 1.82) is 0 Å². The number of hydrogen-bond donors (Lipinski definition) is 2. The summed E-state index contributed by atoms with van der Waals surface area (Å²) in [5.74, 6) is -0.292. The molecule has 2 rings (SSSR count). The van der Waals surface area contributed by atoms with Gasteiger partial charge < -0.3 is 11.1 Å². The minimum atomic E-state index is -3.75. The van der Waals surface area contributed by atoms with Gasteiger partial charge in [-0.1, -0.05) is 24.4 Å². The van der Waals surface area contributed by atoms with Crippen LogP contribution in [0.25, 0.3) is 0 Å². The molecule has 1 saturated heterocycles. The summed E-state index contributed by atoms with van der Waals surface area (Å²) in [6.45, 7) is 2.32. The second kappa shape index (κ2) is 6.08. The zero-order valence-corrected chi connectivity index (χ0v) is 13.3. The zero-order chi connectivity index (χ0) is 15.6. The van der Waals surface area contributed by atoms with Crippen molar-refractivity contribution in [2.45, 2.75) is 18.2 Å². The molecule has 1 aromatic rings. The number of aryl methyl sites for hydroxylation is 1. The minimum absolute atomic E-state index is 0.139. The Balaban J connectivity index is 2.45. The van der Waals surface area contributed by atoms with Crippen molar-refractivity contribution in [3.05, 3.63) is 29.3 Å². The Hall–Kier alpha value is -1.51. The summed E-state index contributed by atoms with van der Waals surface area (Å²) < 4.78 is 26.7. The second-order valence-corrected chi connectivity index (χ2v) is 7.23. The average Bonchev–Trinajstić information content (AvgIpc) is 2.64. The third kappa shape index (κ3) is 3.39. The fourth-order valence-electron chi connectivity index (χ4n) is 2.15. The number of nitrogens with zero attached hydrogens (tertiary/aromatic N) is 1. The average molecular weight is 327 g/mol. The number of amides is 1. The SMILES string of the molecule is Cc1ccc(C(N)=S)cc1S(=O)(=O)N1CCCNC(=O)C1. The van der Waals surface area contributed by atoms with E-state index in [1.54, 1.807) is 19.1 Å². The Morgan fingerprint density at radius 2 is 2.14 bits per heavy atom. The molecule has 0 atom stereocenters. The molecule has 0 spiro atoms. The van der Waals surface area contributed by atoms with E-state index in [4.69, 9.17) is 18.0 Å². The molecule has 0 saturated carbocycles. The second-order valence-electron chi connectivity index (χ2n) is 4.89.